The quantitative estimate of drug-likeness (QED) is 0.152. The molecule has 6 heterocycles. The summed E-state index contributed by atoms with van der Waals surface area (Å²) in [5.41, 5.74) is 7.89. The van der Waals surface area contributed by atoms with Crippen LogP contribution in [0.3, 0.4) is 0 Å². The lowest BCUT2D eigenvalue weighted by Crippen LogP contribution is -2.52. The maximum Gasteiger partial charge on any atom is 0.405 e. The number of methoxy groups -OCH3 is 1. The van der Waals surface area contributed by atoms with Gasteiger partial charge in [-0.25, -0.2) is 14.8 Å². The summed E-state index contributed by atoms with van der Waals surface area (Å²) in [7, 11) is 1.74. The van der Waals surface area contributed by atoms with Crippen LogP contribution in [-0.4, -0.2) is 74.3 Å². The molecule has 262 valence electrons. The van der Waals surface area contributed by atoms with Crippen LogP contribution in [0.1, 0.15) is 74.9 Å². The highest BCUT2D eigenvalue weighted by Gasteiger charge is 2.41. The van der Waals surface area contributed by atoms with Crippen LogP contribution >= 0.6 is 0 Å². The van der Waals surface area contributed by atoms with Crippen molar-refractivity contribution in [2.24, 2.45) is 11.8 Å². The average molecular weight is 682 g/mol. The molecule has 0 radical (unpaired) electrons. The number of carbonyl (C=O) groups is 2. The first-order valence-corrected chi connectivity index (χ1v) is 17.4. The highest BCUT2D eigenvalue weighted by molar-refractivity contribution is 5.89. The molecule has 5 atom stereocenters. The lowest BCUT2D eigenvalue weighted by atomic mass is 9.87. The molecule has 2 saturated heterocycles. The number of carbonyl (C=O) groups excluding carboxylic acids is 1. The van der Waals surface area contributed by atoms with Crippen molar-refractivity contribution in [1.82, 2.24) is 35.5 Å². The van der Waals surface area contributed by atoms with Crippen molar-refractivity contribution < 1.29 is 28.9 Å². The fourth-order valence-corrected chi connectivity index (χ4v) is 8.12. The molecule has 0 aliphatic carbocycles. The first kappa shape index (κ1) is 32.3. The highest BCUT2D eigenvalue weighted by Crippen LogP contribution is 2.51. The standard InChI is InChI=1S/C37H43N7O6/c1-18(2)33(43-37(46)47)36(45)44-19(3)5-6-28(44)35-40-14-27(42-35)22-9-24-17-49-29-10-21(8-23-16-50-30(11-22)32(24)31(23)29)26-13-39-34(41-26)25-7-20(12-38-25)15-48-4/h8-11,13-14,18-20,25,28,33,38,43H,5-7,12,15-17H2,1-4H3,(H,39,41)(H,40,42)(H,46,47)/t19-,20-,25-,28-,33-/m0/s1. The number of hydrogen-bond acceptors (Lipinski definition) is 8. The fourth-order valence-electron chi connectivity index (χ4n) is 8.12. The predicted molar refractivity (Wildman–Crippen MR) is 185 cm³/mol. The number of nitrogens with one attached hydrogen (secondary N) is 4. The Morgan fingerprint density at radius 2 is 1.60 bits per heavy atom. The molecular formula is C37H43N7O6. The molecule has 2 aromatic heterocycles. The van der Waals surface area contributed by atoms with Crippen LogP contribution in [-0.2, 0) is 22.7 Å². The van der Waals surface area contributed by atoms with E-state index in [0.717, 1.165) is 94.5 Å². The first-order chi connectivity index (χ1) is 24.2. The molecule has 13 nitrogen and oxygen atoms in total. The number of imidazole rings is 2. The number of benzene rings is 2. The second kappa shape index (κ2) is 12.8. The van der Waals surface area contributed by atoms with Crippen LogP contribution in [0.25, 0.3) is 33.6 Å². The molecule has 0 bridgehead atoms. The van der Waals surface area contributed by atoms with Gasteiger partial charge in [0.15, 0.2) is 0 Å². The van der Waals surface area contributed by atoms with Gasteiger partial charge < -0.3 is 44.8 Å². The first-order valence-electron chi connectivity index (χ1n) is 17.4. The Balaban J connectivity index is 1.05. The van der Waals surface area contributed by atoms with Crippen LogP contribution in [0.4, 0.5) is 4.79 Å². The molecule has 4 aromatic rings. The summed E-state index contributed by atoms with van der Waals surface area (Å²) in [6.45, 7) is 8.15. The Kier molecular flexibility index (Phi) is 8.26. The van der Waals surface area contributed by atoms with E-state index in [9.17, 15) is 14.7 Å². The third kappa shape index (κ3) is 5.67. The number of aromatic amines is 2. The average Bonchev–Trinajstić information content (AvgIpc) is 3.92. The van der Waals surface area contributed by atoms with Crippen LogP contribution in [0.15, 0.2) is 36.7 Å². The molecule has 4 aliphatic rings. The maximum atomic E-state index is 13.6. The lowest BCUT2D eigenvalue weighted by molar-refractivity contribution is -0.137. The molecule has 2 amide bonds. The van der Waals surface area contributed by atoms with E-state index in [0.29, 0.717) is 25.0 Å². The van der Waals surface area contributed by atoms with E-state index < -0.39 is 12.1 Å². The second-order valence-corrected chi connectivity index (χ2v) is 14.3. The molecule has 13 heteroatoms. The third-order valence-electron chi connectivity index (χ3n) is 10.6. The van der Waals surface area contributed by atoms with Crippen molar-refractivity contribution in [3.63, 3.8) is 0 Å². The van der Waals surface area contributed by atoms with Gasteiger partial charge in [0.1, 0.15) is 42.4 Å². The van der Waals surface area contributed by atoms with Crippen molar-refractivity contribution in [2.75, 3.05) is 20.3 Å². The van der Waals surface area contributed by atoms with E-state index in [1.807, 2.05) is 33.0 Å². The van der Waals surface area contributed by atoms with Gasteiger partial charge in [-0.15, -0.1) is 0 Å². The Morgan fingerprint density at radius 3 is 2.20 bits per heavy atom. The van der Waals surface area contributed by atoms with Gasteiger partial charge in [0.05, 0.1) is 42.5 Å². The summed E-state index contributed by atoms with van der Waals surface area (Å²) in [4.78, 5) is 43.3. The van der Waals surface area contributed by atoms with Gasteiger partial charge in [-0.2, -0.15) is 0 Å². The SMILES string of the molecule is COC[C@@H]1CN[C@H](c2ncc(-c3cc4c5c(c3)OCc3cc(-c6cnc([C@@H]7CC[C@H](C)N7C(=O)[C@@H](NC(=O)O)C(C)C)[nH]6)cc(c3-5)OC4)[nH]2)C1. The lowest BCUT2D eigenvalue weighted by Gasteiger charge is -2.32. The van der Waals surface area contributed by atoms with E-state index in [1.54, 1.807) is 18.2 Å². The van der Waals surface area contributed by atoms with Crippen molar-refractivity contribution in [3.8, 4) is 45.1 Å². The van der Waals surface area contributed by atoms with E-state index in [-0.39, 0.29) is 30.0 Å². The highest BCUT2D eigenvalue weighted by atomic mass is 16.5. The molecule has 2 fully saturated rings. The minimum atomic E-state index is -1.21. The van der Waals surface area contributed by atoms with Crippen LogP contribution < -0.4 is 20.1 Å². The summed E-state index contributed by atoms with van der Waals surface area (Å²) in [5, 5.41) is 15.3. The zero-order valence-electron chi connectivity index (χ0n) is 28.7. The Bertz CT molecular complexity index is 1900. The summed E-state index contributed by atoms with van der Waals surface area (Å²) in [6, 6.07) is 7.42. The van der Waals surface area contributed by atoms with E-state index in [4.69, 9.17) is 24.2 Å². The molecular weight excluding hydrogens is 638 g/mol. The Morgan fingerprint density at radius 1 is 0.980 bits per heavy atom. The molecule has 4 aliphatic heterocycles. The number of ether oxygens (including phenoxy) is 3. The number of likely N-dealkylation sites (tertiary alicyclic amines) is 1. The summed E-state index contributed by atoms with van der Waals surface area (Å²) >= 11 is 0. The van der Waals surface area contributed by atoms with Gasteiger partial charge >= 0.3 is 6.09 Å². The molecule has 5 N–H and O–H groups in total. The molecule has 50 heavy (non-hydrogen) atoms. The number of rotatable bonds is 9. The van der Waals surface area contributed by atoms with Gasteiger partial charge in [-0.05, 0) is 62.3 Å². The van der Waals surface area contributed by atoms with Gasteiger partial charge in [-0.3, -0.25) is 4.79 Å². The molecule has 8 rings (SSSR count). The number of aromatic nitrogens is 4. The summed E-state index contributed by atoms with van der Waals surface area (Å²) < 4.78 is 18.1. The number of H-pyrrole nitrogens is 2. The van der Waals surface area contributed by atoms with E-state index in [1.165, 1.54) is 0 Å². The monoisotopic (exact) mass is 681 g/mol. The van der Waals surface area contributed by atoms with Gasteiger partial charge in [-0.1, -0.05) is 13.8 Å². The summed E-state index contributed by atoms with van der Waals surface area (Å²) in [6.07, 6.45) is 4.99. The van der Waals surface area contributed by atoms with Gasteiger partial charge in [0, 0.05) is 53.1 Å². The van der Waals surface area contributed by atoms with Crippen LogP contribution in [0.2, 0.25) is 0 Å². The molecule has 0 spiro atoms. The number of carboxylic acid groups (broad SMARTS) is 1. The van der Waals surface area contributed by atoms with Crippen LogP contribution in [0, 0.1) is 11.8 Å². The fraction of sp³-hybridized carbons (Fsp3) is 0.459. The minimum Gasteiger partial charge on any atom is -0.488 e. The second-order valence-electron chi connectivity index (χ2n) is 14.3. The van der Waals surface area contributed by atoms with Crippen LogP contribution in [0.5, 0.6) is 11.5 Å². The minimum absolute atomic E-state index is 0.0418. The predicted octanol–water partition coefficient (Wildman–Crippen LogP) is 5.56. The smallest absolute Gasteiger partial charge is 0.405 e. The Hall–Kier alpha value is -4.88. The number of hydrogen-bond donors (Lipinski definition) is 5. The van der Waals surface area contributed by atoms with E-state index >= 15 is 0 Å². The molecule has 0 saturated carbocycles. The van der Waals surface area contributed by atoms with Gasteiger partial charge in [0.25, 0.3) is 0 Å². The number of amides is 2. The zero-order valence-corrected chi connectivity index (χ0v) is 28.7. The van der Waals surface area contributed by atoms with Crippen molar-refractivity contribution in [2.45, 2.75) is 77.4 Å². The molecule has 2 aromatic carbocycles. The normalized spacial score (nSPS) is 22.6. The van der Waals surface area contributed by atoms with E-state index in [2.05, 4.69) is 38.8 Å². The molecule has 0 unspecified atom stereocenters. The number of nitrogens with zero attached hydrogens (tertiary/aromatic N) is 3. The van der Waals surface area contributed by atoms with Crippen molar-refractivity contribution in [1.29, 1.82) is 0 Å². The van der Waals surface area contributed by atoms with Gasteiger partial charge in [0.2, 0.25) is 5.91 Å². The zero-order chi connectivity index (χ0) is 34.7. The third-order valence-corrected chi connectivity index (χ3v) is 10.6. The topological polar surface area (TPSA) is 167 Å². The van der Waals surface area contributed by atoms with Crippen molar-refractivity contribution in [3.05, 3.63) is 59.4 Å². The largest absolute Gasteiger partial charge is 0.488 e. The Labute approximate surface area is 290 Å². The summed E-state index contributed by atoms with van der Waals surface area (Å²) in [5.74, 6) is 3.29. The maximum absolute atomic E-state index is 13.6. The van der Waals surface area contributed by atoms with Crippen molar-refractivity contribution >= 4 is 12.0 Å².